The number of rotatable bonds is 4. The highest BCUT2D eigenvalue weighted by Gasteiger charge is 2.46. The fourth-order valence-corrected chi connectivity index (χ4v) is 1.84. The van der Waals surface area contributed by atoms with Gasteiger partial charge >= 0.3 is 0 Å². The van der Waals surface area contributed by atoms with E-state index in [1.54, 1.807) is 31.4 Å². The minimum absolute atomic E-state index is 0.510. The molecule has 16 heavy (non-hydrogen) atoms. The van der Waals surface area contributed by atoms with Gasteiger partial charge in [0.15, 0.2) is 6.29 Å². The first kappa shape index (κ1) is 10.6. The Balaban J connectivity index is 2.49. The molecule has 1 aliphatic rings. The van der Waals surface area contributed by atoms with Crippen LogP contribution in [0.1, 0.15) is 28.8 Å². The Hall–Kier alpha value is -1.93. The molecule has 0 aromatic heterocycles. The summed E-state index contributed by atoms with van der Waals surface area (Å²) in [4.78, 5) is 25.1. The van der Waals surface area contributed by atoms with Gasteiger partial charge in [0.1, 0.15) is 5.75 Å². The minimum Gasteiger partial charge on any atom is -0.497 e. The molecule has 1 fully saturated rings. The first-order valence-electron chi connectivity index (χ1n) is 4.98. The zero-order chi connectivity index (χ0) is 11.6. The van der Waals surface area contributed by atoms with Gasteiger partial charge in [0.25, 0.3) is 0 Å². The smallest absolute Gasteiger partial charge is 0.235 e. The maximum atomic E-state index is 11.0. The number of carbonyl (C=O) groups is 1. The highest BCUT2D eigenvalue weighted by Crippen LogP contribution is 2.50. The number of aldehydes is 1. The van der Waals surface area contributed by atoms with Crippen LogP contribution in [0, 0.1) is 0 Å². The van der Waals surface area contributed by atoms with Gasteiger partial charge in [-0.25, -0.2) is 4.79 Å². The maximum Gasteiger partial charge on any atom is 0.235 e. The lowest BCUT2D eigenvalue weighted by atomic mass is 9.99. The van der Waals surface area contributed by atoms with Crippen LogP contribution in [0.25, 0.3) is 0 Å². The average Bonchev–Trinajstić information content (AvgIpc) is 3.09. The third-order valence-electron chi connectivity index (χ3n) is 2.87. The molecule has 0 N–H and O–H groups in total. The first-order chi connectivity index (χ1) is 7.75. The summed E-state index contributed by atoms with van der Waals surface area (Å²) in [6, 6.07) is 5.21. The number of aliphatic imine (C=N–C) groups is 1. The third-order valence-corrected chi connectivity index (χ3v) is 2.87. The molecule has 0 atom stereocenters. The van der Waals surface area contributed by atoms with Crippen LogP contribution < -0.4 is 4.74 Å². The number of hydrogen-bond donors (Lipinski definition) is 0. The lowest BCUT2D eigenvalue weighted by Gasteiger charge is -2.11. The number of benzene rings is 1. The molecule has 0 bridgehead atoms. The fraction of sp³-hybridized carbons (Fsp3) is 0.333. The zero-order valence-corrected chi connectivity index (χ0v) is 8.90. The predicted molar refractivity (Wildman–Crippen MR) is 57.4 cm³/mol. The summed E-state index contributed by atoms with van der Waals surface area (Å²) in [6.07, 6.45) is 3.91. The lowest BCUT2D eigenvalue weighted by Crippen LogP contribution is -2.06. The topological polar surface area (TPSA) is 55.7 Å². The van der Waals surface area contributed by atoms with Crippen LogP contribution >= 0.6 is 0 Å². The van der Waals surface area contributed by atoms with E-state index in [2.05, 4.69) is 4.99 Å². The molecule has 0 amide bonds. The van der Waals surface area contributed by atoms with E-state index >= 15 is 0 Å². The summed E-state index contributed by atoms with van der Waals surface area (Å²) >= 11 is 0. The number of methoxy groups -OCH3 is 1. The Morgan fingerprint density at radius 1 is 1.50 bits per heavy atom. The van der Waals surface area contributed by atoms with Crippen molar-refractivity contribution in [3.05, 3.63) is 29.3 Å². The van der Waals surface area contributed by atoms with Crippen LogP contribution in [-0.4, -0.2) is 19.5 Å². The molecule has 0 unspecified atom stereocenters. The third kappa shape index (κ3) is 1.64. The SMILES string of the molecule is COc1ccc(C2(N=C=O)CC2)c(C=O)c1. The van der Waals surface area contributed by atoms with Crippen molar-refractivity contribution in [2.75, 3.05) is 7.11 Å². The molecule has 0 aliphatic heterocycles. The number of nitrogens with zero attached hydrogens (tertiary/aromatic N) is 1. The average molecular weight is 217 g/mol. The summed E-state index contributed by atoms with van der Waals surface area (Å²) in [5, 5.41) is 0. The van der Waals surface area contributed by atoms with Crippen molar-refractivity contribution in [2.24, 2.45) is 4.99 Å². The van der Waals surface area contributed by atoms with Crippen LogP contribution in [0.3, 0.4) is 0 Å². The Morgan fingerprint density at radius 3 is 2.75 bits per heavy atom. The van der Waals surface area contributed by atoms with Crippen molar-refractivity contribution in [2.45, 2.75) is 18.4 Å². The molecule has 82 valence electrons. The predicted octanol–water partition coefficient (Wildman–Crippen LogP) is 1.83. The van der Waals surface area contributed by atoms with Gasteiger partial charge in [0.2, 0.25) is 6.08 Å². The normalized spacial score (nSPS) is 16.1. The summed E-state index contributed by atoms with van der Waals surface area (Å²) < 4.78 is 5.04. The van der Waals surface area contributed by atoms with E-state index < -0.39 is 5.54 Å². The van der Waals surface area contributed by atoms with Gasteiger partial charge in [0.05, 0.1) is 12.6 Å². The van der Waals surface area contributed by atoms with Crippen molar-refractivity contribution < 1.29 is 14.3 Å². The Bertz CT molecular complexity index is 471. The van der Waals surface area contributed by atoms with Crippen molar-refractivity contribution >= 4 is 12.4 Å². The van der Waals surface area contributed by atoms with Crippen LogP contribution in [0.2, 0.25) is 0 Å². The van der Waals surface area contributed by atoms with Crippen LogP contribution in [0.4, 0.5) is 0 Å². The van der Waals surface area contributed by atoms with E-state index in [-0.39, 0.29) is 0 Å². The molecule has 2 rings (SSSR count). The monoisotopic (exact) mass is 217 g/mol. The summed E-state index contributed by atoms with van der Waals surface area (Å²) in [5.41, 5.74) is 0.798. The van der Waals surface area contributed by atoms with Crippen molar-refractivity contribution in [1.29, 1.82) is 0 Å². The van der Waals surface area contributed by atoms with Gasteiger partial charge in [-0.15, -0.1) is 0 Å². The Kier molecular flexibility index (Phi) is 2.59. The Morgan fingerprint density at radius 2 is 2.25 bits per heavy atom. The molecule has 4 nitrogen and oxygen atoms in total. The molecule has 0 saturated heterocycles. The van der Waals surface area contributed by atoms with E-state index in [9.17, 15) is 9.59 Å². The first-order valence-corrected chi connectivity index (χ1v) is 4.98. The minimum atomic E-state index is -0.510. The molecule has 0 radical (unpaired) electrons. The van der Waals surface area contributed by atoms with Crippen LogP contribution in [-0.2, 0) is 10.3 Å². The summed E-state index contributed by atoms with van der Waals surface area (Å²) in [6.45, 7) is 0. The van der Waals surface area contributed by atoms with Gasteiger partial charge in [-0.1, -0.05) is 6.07 Å². The highest BCUT2D eigenvalue weighted by atomic mass is 16.5. The highest BCUT2D eigenvalue weighted by molar-refractivity contribution is 5.79. The van der Waals surface area contributed by atoms with Gasteiger partial charge in [-0.05, 0) is 30.5 Å². The molecular formula is C12H11NO3. The van der Waals surface area contributed by atoms with Crippen LogP contribution in [0.5, 0.6) is 5.75 Å². The largest absolute Gasteiger partial charge is 0.497 e. The second-order valence-electron chi connectivity index (χ2n) is 3.81. The van der Waals surface area contributed by atoms with E-state index in [1.165, 1.54) is 0 Å². The lowest BCUT2D eigenvalue weighted by molar-refractivity contribution is 0.112. The van der Waals surface area contributed by atoms with E-state index in [0.717, 1.165) is 24.7 Å². The molecule has 1 aromatic rings. The second-order valence-corrected chi connectivity index (χ2v) is 3.81. The summed E-state index contributed by atoms with van der Waals surface area (Å²) in [5.74, 6) is 0.622. The molecule has 4 heteroatoms. The number of carbonyl (C=O) groups excluding carboxylic acids is 2. The number of isocyanates is 1. The summed E-state index contributed by atoms with van der Waals surface area (Å²) in [7, 11) is 1.54. The van der Waals surface area contributed by atoms with E-state index in [1.807, 2.05) is 0 Å². The Labute approximate surface area is 92.9 Å². The zero-order valence-electron chi connectivity index (χ0n) is 8.90. The quantitative estimate of drug-likeness (QED) is 0.439. The van der Waals surface area contributed by atoms with E-state index in [4.69, 9.17) is 4.74 Å². The standard InChI is InChI=1S/C12H11NO3/c1-16-10-2-3-11(9(6-10)7-14)12(4-5-12)13-8-15/h2-3,6-7H,4-5H2,1H3. The molecule has 1 aromatic carbocycles. The molecule has 1 aliphatic carbocycles. The van der Waals surface area contributed by atoms with Crippen molar-refractivity contribution in [3.63, 3.8) is 0 Å². The number of hydrogen-bond acceptors (Lipinski definition) is 4. The maximum absolute atomic E-state index is 11.0. The van der Waals surface area contributed by atoms with Crippen molar-refractivity contribution in [1.82, 2.24) is 0 Å². The van der Waals surface area contributed by atoms with Gasteiger partial charge < -0.3 is 4.74 Å². The molecule has 0 heterocycles. The van der Waals surface area contributed by atoms with E-state index in [0.29, 0.717) is 11.3 Å². The van der Waals surface area contributed by atoms with Gasteiger partial charge in [-0.3, -0.25) is 4.79 Å². The van der Waals surface area contributed by atoms with Gasteiger partial charge in [0, 0.05) is 5.56 Å². The number of ether oxygens (including phenoxy) is 1. The van der Waals surface area contributed by atoms with Gasteiger partial charge in [-0.2, -0.15) is 4.99 Å². The fourth-order valence-electron chi connectivity index (χ4n) is 1.84. The van der Waals surface area contributed by atoms with Crippen LogP contribution in [0.15, 0.2) is 23.2 Å². The van der Waals surface area contributed by atoms with Crippen molar-refractivity contribution in [3.8, 4) is 5.75 Å². The molecule has 0 spiro atoms. The molecular weight excluding hydrogens is 206 g/mol. The second kappa shape index (κ2) is 3.91. The molecule has 1 saturated carbocycles.